The van der Waals surface area contributed by atoms with Crippen molar-refractivity contribution < 1.29 is 4.21 Å². The lowest BCUT2D eigenvalue weighted by Gasteiger charge is -2.11. The summed E-state index contributed by atoms with van der Waals surface area (Å²) in [7, 11) is -2.30. The van der Waals surface area contributed by atoms with Crippen molar-refractivity contribution in [3.8, 4) is 11.1 Å². The summed E-state index contributed by atoms with van der Waals surface area (Å²) >= 11 is 1.45. The molecule has 0 fully saturated rings. The van der Waals surface area contributed by atoms with Gasteiger partial charge in [-0.05, 0) is 46.6 Å². The van der Waals surface area contributed by atoms with Gasteiger partial charge in [0.05, 0.1) is 0 Å². The molecule has 4 aromatic rings. The predicted molar refractivity (Wildman–Crippen MR) is 110 cm³/mol. The van der Waals surface area contributed by atoms with E-state index in [9.17, 15) is 9.00 Å². The third kappa shape index (κ3) is 2.94. The number of fused-ring (bicyclic) bond motifs is 3. The minimum atomic E-state index is -2.30. The number of anilines is 1. The van der Waals surface area contributed by atoms with Crippen molar-refractivity contribution in [1.29, 1.82) is 0 Å². The van der Waals surface area contributed by atoms with Crippen LogP contribution in [0.4, 0.5) is 5.69 Å². The van der Waals surface area contributed by atoms with Gasteiger partial charge in [-0.3, -0.25) is 4.79 Å². The molecular formula is C19H16N2O2S2. The molecular weight excluding hydrogens is 352 g/mol. The summed E-state index contributed by atoms with van der Waals surface area (Å²) in [5, 5.41) is 3.95. The second kappa shape index (κ2) is 5.75. The van der Waals surface area contributed by atoms with Gasteiger partial charge in [-0.2, -0.15) is 0 Å². The van der Waals surface area contributed by atoms with Crippen LogP contribution < -0.4 is 10.3 Å². The van der Waals surface area contributed by atoms with Gasteiger partial charge in [0.2, 0.25) is 0 Å². The SMILES string of the molecule is C=S(C)(=O)Nc1ccc(-c2cccc3[nH]c(=O)c4sccc4c23)cc1. The van der Waals surface area contributed by atoms with Crippen molar-refractivity contribution in [3.63, 3.8) is 0 Å². The minimum Gasteiger partial charge on any atom is -0.321 e. The molecule has 2 N–H and O–H groups in total. The average molecular weight is 368 g/mol. The Morgan fingerprint density at radius 3 is 2.60 bits per heavy atom. The fourth-order valence-electron chi connectivity index (χ4n) is 3.02. The molecule has 1 unspecified atom stereocenters. The highest BCUT2D eigenvalue weighted by atomic mass is 32.2. The van der Waals surface area contributed by atoms with Gasteiger partial charge in [0, 0.05) is 37.9 Å². The number of H-pyrrole nitrogens is 1. The summed E-state index contributed by atoms with van der Waals surface area (Å²) < 4.78 is 15.4. The molecule has 25 heavy (non-hydrogen) atoms. The molecule has 2 heterocycles. The number of aromatic amines is 1. The van der Waals surface area contributed by atoms with Crippen molar-refractivity contribution >= 4 is 53.6 Å². The Balaban J connectivity index is 1.92. The van der Waals surface area contributed by atoms with Crippen molar-refractivity contribution in [3.05, 3.63) is 64.3 Å². The van der Waals surface area contributed by atoms with Gasteiger partial charge in [-0.1, -0.05) is 24.3 Å². The van der Waals surface area contributed by atoms with Crippen LogP contribution in [0.1, 0.15) is 0 Å². The van der Waals surface area contributed by atoms with E-state index in [2.05, 4.69) is 15.6 Å². The molecule has 0 aliphatic carbocycles. The Kier molecular flexibility index (Phi) is 3.67. The lowest BCUT2D eigenvalue weighted by molar-refractivity contribution is 0.688. The number of aromatic nitrogens is 1. The highest BCUT2D eigenvalue weighted by molar-refractivity contribution is 8.00. The average Bonchev–Trinajstić information content (AvgIpc) is 3.04. The van der Waals surface area contributed by atoms with E-state index in [4.69, 9.17) is 0 Å². The maximum absolute atomic E-state index is 12.2. The second-order valence-corrected chi connectivity index (χ2v) is 9.16. The highest BCUT2D eigenvalue weighted by Crippen LogP contribution is 2.34. The van der Waals surface area contributed by atoms with Gasteiger partial charge in [0.15, 0.2) is 0 Å². The van der Waals surface area contributed by atoms with E-state index in [0.29, 0.717) is 0 Å². The minimum absolute atomic E-state index is 0.0534. The normalized spacial score (nSPS) is 13.8. The number of benzene rings is 2. The first-order chi connectivity index (χ1) is 11.9. The predicted octanol–water partition coefficient (Wildman–Crippen LogP) is 4.08. The Hall–Kier alpha value is -2.57. The van der Waals surface area contributed by atoms with Gasteiger partial charge in [0.25, 0.3) is 5.56 Å². The lowest BCUT2D eigenvalue weighted by atomic mass is 9.98. The van der Waals surface area contributed by atoms with Crippen molar-refractivity contribution in [2.45, 2.75) is 0 Å². The monoisotopic (exact) mass is 368 g/mol. The van der Waals surface area contributed by atoms with Gasteiger partial charge < -0.3 is 9.71 Å². The number of hydrogen-bond acceptors (Lipinski definition) is 3. The van der Waals surface area contributed by atoms with E-state index in [1.807, 2.05) is 53.9 Å². The van der Waals surface area contributed by atoms with Crippen LogP contribution >= 0.6 is 11.3 Å². The number of thiophene rings is 1. The standard InChI is InChI=1S/C19H16N2O2S2/c1-25(2,23)21-13-8-6-12(7-9-13)14-4-3-5-16-17(14)15-10-11-24-18(15)19(22)20-16/h3-11H,1H2,2H3,(H,20,22)(H,21,23). The third-order valence-corrected chi connectivity index (χ3v) is 5.56. The summed E-state index contributed by atoms with van der Waals surface area (Å²) in [5.74, 6) is 3.61. The summed E-state index contributed by atoms with van der Waals surface area (Å²) in [6, 6.07) is 15.6. The van der Waals surface area contributed by atoms with Crippen LogP contribution in [0, 0.1) is 0 Å². The number of nitrogens with one attached hydrogen (secondary N) is 2. The molecule has 2 aromatic heterocycles. The summed E-state index contributed by atoms with van der Waals surface area (Å²) in [6.07, 6.45) is 1.56. The van der Waals surface area contributed by atoms with Gasteiger partial charge in [-0.25, -0.2) is 4.21 Å². The maximum atomic E-state index is 12.2. The molecule has 6 heteroatoms. The molecule has 4 nitrogen and oxygen atoms in total. The second-order valence-electron chi connectivity index (χ2n) is 6.03. The van der Waals surface area contributed by atoms with Crippen LogP contribution in [0.5, 0.6) is 0 Å². The fraction of sp³-hybridized carbons (Fsp3) is 0.0526. The third-order valence-electron chi connectivity index (χ3n) is 3.98. The van der Waals surface area contributed by atoms with Gasteiger partial charge in [-0.15, -0.1) is 11.3 Å². The van der Waals surface area contributed by atoms with Crippen molar-refractivity contribution in [2.24, 2.45) is 0 Å². The van der Waals surface area contributed by atoms with Crippen LogP contribution in [-0.2, 0) is 9.71 Å². The molecule has 1 atom stereocenters. The van der Waals surface area contributed by atoms with Crippen molar-refractivity contribution in [1.82, 2.24) is 4.98 Å². The first-order valence-electron chi connectivity index (χ1n) is 7.65. The summed E-state index contributed by atoms with van der Waals surface area (Å²) in [6.45, 7) is 0. The molecule has 2 aromatic carbocycles. The fourth-order valence-corrected chi connectivity index (χ4v) is 4.45. The zero-order valence-corrected chi connectivity index (χ0v) is 15.2. The first kappa shape index (κ1) is 15.9. The number of hydrogen-bond donors (Lipinski definition) is 2. The topological polar surface area (TPSA) is 62.0 Å². The van der Waals surface area contributed by atoms with Crippen LogP contribution in [0.25, 0.3) is 32.1 Å². The molecule has 0 bridgehead atoms. The Morgan fingerprint density at radius 2 is 1.88 bits per heavy atom. The summed E-state index contributed by atoms with van der Waals surface area (Å²) in [5.41, 5.74) is 3.62. The smallest absolute Gasteiger partial charge is 0.266 e. The largest absolute Gasteiger partial charge is 0.321 e. The van der Waals surface area contributed by atoms with E-state index < -0.39 is 9.71 Å². The van der Waals surface area contributed by atoms with Crippen LogP contribution in [0.2, 0.25) is 0 Å². The first-order valence-corrected chi connectivity index (χ1v) is 10.7. The van der Waals surface area contributed by atoms with E-state index in [1.165, 1.54) is 11.3 Å². The Morgan fingerprint density at radius 1 is 1.12 bits per heavy atom. The Labute approximate surface area is 149 Å². The Bertz CT molecular complexity index is 1250. The zero-order valence-electron chi connectivity index (χ0n) is 13.5. The number of rotatable bonds is 3. The molecule has 0 aliphatic heterocycles. The highest BCUT2D eigenvalue weighted by Gasteiger charge is 2.11. The van der Waals surface area contributed by atoms with Crippen LogP contribution in [-0.4, -0.2) is 21.3 Å². The molecule has 0 aliphatic rings. The molecule has 4 rings (SSSR count). The van der Waals surface area contributed by atoms with E-state index in [0.717, 1.165) is 37.8 Å². The van der Waals surface area contributed by atoms with E-state index >= 15 is 0 Å². The van der Waals surface area contributed by atoms with Gasteiger partial charge in [0.1, 0.15) is 4.70 Å². The maximum Gasteiger partial charge on any atom is 0.266 e. The van der Waals surface area contributed by atoms with E-state index in [1.54, 1.807) is 6.26 Å². The van der Waals surface area contributed by atoms with Crippen molar-refractivity contribution in [2.75, 3.05) is 11.0 Å². The molecule has 0 spiro atoms. The van der Waals surface area contributed by atoms with Crippen LogP contribution in [0.15, 0.2) is 58.7 Å². The molecule has 126 valence electrons. The quantitative estimate of drug-likeness (QED) is 0.535. The lowest BCUT2D eigenvalue weighted by Crippen LogP contribution is -2.08. The summed E-state index contributed by atoms with van der Waals surface area (Å²) in [4.78, 5) is 15.2. The van der Waals surface area contributed by atoms with Crippen LogP contribution in [0.3, 0.4) is 0 Å². The molecule has 0 radical (unpaired) electrons. The van der Waals surface area contributed by atoms with E-state index in [-0.39, 0.29) is 5.56 Å². The number of pyridine rings is 1. The zero-order chi connectivity index (χ0) is 17.6. The molecule has 0 saturated heterocycles. The molecule has 0 amide bonds. The molecule has 0 saturated carbocycles. The van der Waals surface area contributed by atoms with Gasteiger partial charge >= 0.3 is 0 Å².